The molecule has 0 radical (unpaired) electrons. The number of rotatable bonds is 6. The highest BCUT2D eigenvalue weighted by atomic mass is 16.1. The minimum absolute atomic E-state index is 0.0256. The van der Waals surface area contributed by atoms with Crippen LogP contribution in [-0.2, 0) is 11.2 Å². The normalized spacial score (nSPS) is 16.3. The fourth-order valence-corrected chi connectivity index (χ4v) is 2.16. The maximum atomic E-state index is 11.8. The van der Waals surface area contributed by atoms with Gasteiger partial charge in [-0.05, 0) is 42.9 Å². The van der Waals surface area contributed by atoms with Crippen LogP contribution >= 0.6 is 0 Å². The third-order valence-electron chi connectivity index (χ3n) is 3.42. The number of anilines is 1. The predicted octanol–water partition coefficient (Wildman–Crippen LogP) is 2.71. The standard InChI is InChI=1S/C15H22N2O/c1-2-3-11-4-8-13(9-5-11)17-15(18)10-14(16)12-6-7-12/h4-5,8-9,12,14H,2-3,6-7,10,16H2,1H3,(H,17,18). The molecular formula is C15H22N2O. The number of benzene rings is 1. The second kappa shape index (κ2) is 6.01. The zero-order chi connectivity index (χ0) is 13.0. The lowest BCUT2D eigenvalue weighted by atomic mass is 10.1. The minimum atomic E-state index is 0.0256. The molecule has 1 atom stereocenters. The number of carbonyl (C=O) groups is 1. The molecule has 2 rings (SSSR count). The highest BCUT2D eigenvalue weighted by Gasteiger charge is 2.29. The van der Waals surface area contributed by atoms with Crippen molar-refractivity contribution in [2.45, 2.75) is 45.1 Å². The second-order valence-corrected chi connectivity index (χ2v) is 5.20. The molecule has 3 nitrogen and oxygen atoms in total. The molecule has 0 bridgehead atoms. The molecule has 1 unspecified atom stereocenters. The molecule has 0 aromatic heterocycles. The van der Waals surface area contributed by atoms with Gasteiger partial charge in [0.05, 0.1) is 0 Å². The fourth-order valence-electron chi connectivity index (χ4n) is 2.16. The monoisotopic (exact) mass is 246 g/mol. The van der Waals surface area contributed by atoms with Crippen molar-refractivity contribution in [2.24, 2.45) is 11.7 Å². The SMILES string of the molecule is CCCc1ccc(NC(=O)CC(N)C2CC2)cc1. The lowest BCUT2D eigenvalue weighted by molar-refractivity contribution is -0.116. The van der Waals surface area contributed by atoms with E-state index in [4.69, 9.17) is 5.73 Å². The summed E-state index contributed by atoms with van der Waals surface area (Å²) in [4.78, 5) is 11.8. The Bertz CT molecular complexity index is 395. The van der Waals surface area contributed by atoms with Gasteiger partial charge in [-0.2, -0.15) is 0 Å². The van der Waals surface area contributed by atoms with E-state index in [-0.39, 0.29) is 11.9 Å². The van der Waals surface area contributed by atoms with Crippen molar-refractivity contribution in [2.75, 3.05) is 5.32 Å². The molecule has 1 amide bonds. The lowest BCUT2D eigenvalue weighted by Gasteiger charge is -2.10. The zero-order valence-corrected chi connectivity index (χ0v) is 11.0. The molecule has 0 spiro atoms. The van der Waals surface area contributed by atoms with Crippen molar-refractivity contribution in [1.82, 2.24) is 0 Å². The highest BCUT2D eigenvalue weighted by molar-refractivity contribution is 5.91. The zero-order valence-electron chi connectivity index (χ0n) is 11.0. The van der Waals surface area contributed by atoms with E-state index in [9.17, 15) is 4.79 Å². The summed E-state index contributed by atoms with van der Waals surface area (Å²) in [6, 6.07) is 8.10. The predicted molar refractivity (Wildman–Crippen MR) is 74.4 cm³/mol. The van der Waals surface area contributed by atoms with E-state index in [1.165, 1.54) is 18.4 Å². The van der Waals surface area contributed by atoms with Gasteiger partial charge in [-0.1, -0.05) is 25.5 Å². The summed E-state index contributed by atoms with van der Waals surface area (Å²) < 4.78 is 0. The van der Waals surface area contributed by atoms with Crippen LogP contribution in [0, 0.1) is 5.92 Å². The summed E-state index contributed by atoms with van der Waals surface area (Å²) in [6.07, 6.45) is 5.02. The van der Waals surface area contributed by atoms with Gasteiger partial charge in [0.1, 0.15) is 0 Å². The number of carbonyl (C=O) groups excluding carboxylic acids is 1. The Morgan fingerprint density at radius 2 is 2.06 bits per heavy atom. The molecule has 1 aliphatic rings. The Hall–Kier alpha value is -1.35. The second-order valence-electron chi connectivity index (χ2n) is 5.20. The third-order valence-corrected chi connectivity index (χ3v) is 3.42. The number of aryl methyl sites for hydroxylation is 1. The number of hydrogen-bond acceptors (Lipinski definition) is 2. The minimum Gasteiger partial charge on any atom is -0.327 e. The smallest absolute Gasteiger partial charge is 0.225 e. The fraction of sp³-hybridized carbons (Fsp3) is 0.533. The topological polar surface area (TPSA) is 55.1 Å². The van der Waals surface area contributed by atoms with Gasteiger partial charge in [0.15, 0.2) is 0 Å². The van der Waals surface area contributed by atoms with Gasteiger partial charge in [0.25, 0.3) is 0 Å². The number of nitrogens with one attached hydrogen (secondary N) is 1. The lowest BCUT2D eigenvalue weighted by Crippen LogP contribution is -2.28. The molecular weight excluding hydrogens is 224 g/mol. The van der Waals surface area contributed by atoms with E-state index < -0.39 is 0 Å². The van der Waals surface area contributed by atoms with Gasteiger partial charge in [-0.3, -0.25) is 4.79 Å². The molecule has 18 heavy (non-hydrogen) atoms. The van der Waals surface area contributed by atoms with E-state index in [1.807, 2.05) is 12.1 Å². The Kier molecular flexibility index (Phi) is 4.37. The van der Waals surface area contributed by atoms with Crippen molar-refractivity contribution in [1.29, 1.82) is 0 Å². The molecule has 1 aliphatic carbocycles. The van der Waals surface area contributed by atoms with Crippen molar-refractivity contribution < 1.29 is 4.79 Å². The van der Waals surface area contributed by atoms with Gasteiger partial charge >= 0.3 is 0 Å². The van der Waals surface area contributed by atoms with Gasteiger partial charge in [0.2, 0.25) is 5.91 Å². The summed E-state index contributed by atoms with van der Waals surface area (Å²) in [6.45, 7) is 2.16. The molecule has 0 heterocycles. The van der Waals surface area contributed by atoms with Crippen LogP contribution in [0.1, 0.15) is 38.2 Å². The van der Waals surface area contributed by atoms with Gasteiger partial charge in [0, 0.05) is 18.2 Å². The van der Waals surface area contributed by atoms with Crippen molar-refractivity contribution in [3.63, 3.8) is 0 Å². The van der Waals surface area contributed by atoms with E-state index in [1.54, 1.807) is 0 Å². The van der Waals surface area contributed by atoms with Crippen molar-refractivity contribution >= 4 is 11.6 Å². The summed E-state index contributed by atoms with van der Waals surface area (Å²) >= 11 is 0. The molecule has 0 aliphatic heterocycles. The van der Waals surface area contributed by atoms with Crippen LogP contribution in [0.2, 0.25) is 0 Å². The summed E-state index contributed by atoms with van der Waals surface area (Å²) in [7, 11) is 0. The largest absolute Gasteiger partial charge is 0.327 e. The van der Waals surface area contributed by atoms with Crippen LogP contribution in [0.15, 0.2) is 24.3 Å². The first-order chi connectivity index (χ1) is 8.69. The maximum Gasteiger partial charge on any atom is 0.225 e. The third kappa shape index (κ3) is 3.84. The Morgan fingerprint density at radius 3 is 2.61 bits per heavy atom. The molecule has 98 valence electrons. The van der Waals surface area contributed by atoms with Gasteiger partial charge in [-0.25, -0.2) is 0 Å². The summed E-state index contributed by atoms with van der Waals surface area (Å²) in [5.74, 6) is 0.598. The quantitative estimate of drug-likeness (QED) is 0.811. The van der Waals surface area contributed by atoms with Gasteiger partial charge in [-0.15, -0.1) is 0 Å². The average molecular weight is 246 g/mol. The Labute approximate surface area is 109 Å². The summed E-state index contributed by atoms with van der Waals surface area (Å²) in [5, 5.41) is 2.91. The van der Waals surface area contributed by atoms with E-state index >= 15 is 0 Å². The van der Waals surface area contributed by atoms with Crippen LogP contribution in [0.5, 0.6) is 0 Å². The van der Waals surface area contributed by atoms with Gasteiger partial charge < -0.3 is 11.1 Å². The molecule has 1 saturated carbocycles. The van der Waals surface area contributed by atoms with Crippen LogP contribution in [0.4, 0.5) is 5.69 Å². The van der Waals surface area contributed by atoms with E-state index in [2.05, 4.69) is 24.4 Å². The van der Waals surface area contributed by atoms with E-state index in [0.29, 0.717) is 12.3 Å². The maximum absolute atomic E-state index is 11.8. The first-order valence-electron chi connectivity index (χ1n) is 6.83. The molecule has 3 N–H and O–H groups in total. The molecule has 3 heteroatoms. The number of amides is 1. The van der Waals surface area contributed by atoms with Crippen molar-refractivity contribution in [3.8, 4) is 0 Å². The van der Waals surface area contributed by atoms with Crippen LogP contribution < -0.4 is 11.1 Å². The van der Waals surface area contributed by atoms with Crippen LogP contribution in [0.25, 0.3) is 0 Å². The molecule has 1 fully saturated rings. The molecule has 1 aromatic carbocycles. The first-order valence-corrected chi connectivity index (χ1v) is 6.83. The number of nitrogens with two attached hydrogens (primary N) is 1. The van der Waals surface area contributed by atoms with E-state index in [0.717, 1.165) is 18.5 Å². The molecule has 1 aromatic rings. The number of hydrogen-bond donors (Lipinski definition) is 2. The van der Waals surface area contributed by atoms with Crippen LogP contribution in [-0.4, -0.2) is 11.9 Å². The van der Waals surface area contributed by atoms with Crippen molar-refractivity contribution in [3.05, 3.63) is 29.8 Å². The Morgan fingerprint density at radius 1 is 1.39 bits per heavy atom. The van der Waals surface area contributed by atoms with Crippen LogP contribution in [0.3, 0.4) is 0 Å². The average Bonchev–Trinajstić information content (AvgIpc) is 3.16. The summed E-state index contributed by atoms with van der Waals surface area (Å²) in [5.41, 5.74) is 8.11. The Balaban J connectivity index is 1.82. The molecule has 0 saturated heterocycles. The highest BCUT2D eigenvalue weighted by Crippen LogP contribution is 2.32. The first kappa shape index (κ1) is 13.1.